The molecule has 0 aromatic heterocycles. The van der Waals surface area contributed by atoms with E-state index < -0.39 is 0 Å². The Labute approximate surface area is 111 Å². The summed E-state index contributed by atoms with van der Waals surface area (Å²) in [5.74, 6) is 0. The van der Waals surface area contributed by atoms with Crippen LogP contribution in [0.25, 0.3) is 0 Å². The van der Waals surface area contributed by atoms with Crippen LogP contribution < -0.4 is 0 Å². The first-order valence-electron chi connectivity index (χ1n) is 4.91. The number of aliphatic hydroxyl groups excluding tert-OH is 1. The van der Waals surface area contributed by atoms with E-state index in [-0.39, 0.29) is 12.2 Å². The van der Waals surface area contributed by atoms with Gasteiger partial charge in [0.05, 0.1) is 12.2 Å². The van der Waals surface area contributed by atoms with Crippen molar-refractivity contribution < 1.29 is 9.84 Å². The summed E-state index contributed by atoms with van der Waals surface area (Å²) in [6.45, 7) is 0.643. The predicted molar refractivity (Wildman–Crippen MR) is 70.8 cm³/mol. The van der Waals surface area contributed by atoms with Crippen molar-refractivity contribution in [2.75, 3.05) is 6.61 Å². The zero-order chi connectivity index (χ0) is 10.8. The van der Waals surface area contributed by atoms with E-state index in [4.69, 9.17) is 4.74 Å². The van der Waals surface area contributed by atoms with Crippen molar-refractivity contribution in [2.45, 2.75) is 25.0 Å². The van der Waals surface area contributed by atoms with Crippen LogP contribution in [-0.2, 0) is 4.74 Å². The first kappa shape index (κ1) is 11.8. The first-order chi connectivity index (χ1) is 7.16. The molecule has 2 nitrogen and oxygen atoms in total. The van der Waals surface area contributed by atoms with E-state index in [2.05, 4.69) is 44.6 Å². The number of ether oxygens (including phenoxy) is 1. The van der Waals surface area contributed by atoms with E-state index in [1.165, 1.54) is 3.57 Å². The Balaban J connectivity index is 2.24. The van der Waals surface area contributed by atoms with Crippen molar-refractivity contribution in [3.63, 3.8) is 0 Å². The van der Waals surface area contributed by atoms with Gasteiger partial charge in [-0.25, -0.2) is 0 Å². The van der Waals surface area contributed by atoms with Gasteiger partial charge in [-0.3, -0.25) is 0 Å². The fourth-order valence-electron chi connectivity index (χ4n) is 1.76. The molecule has 2 rings (SSSR count). The average molecular weight is 383 g/mol. The van der Waals surface area contributed by atoms with Crippen LogP contribution in [0.4, 0.5) is 0 Å². The molecular weight excluding hydrogens is 371 g/mol. The second-order valence-corrected chi connectivity index (χ2v) is 5.80. The van der Waals surface area contributed by atoms with E-state index in [0.717, 1.165) is 16.5 Å². The Hall–Kier alpha value is 0.350. The maximum atomic E-state index is 9.60. The third-order valence-electron chi connectivity index (χ3n) is 2.56. The molecule has 0 bridgehead atoms. The summed E-state index contributed by atoms with van der Waals surface area (Å²) in [6, 6.07) is 6.18. The molecule has 0 aliphatic carbocycles. The summed E-state index contributed by atoms with van der Waals surface area (Å²) in [5, 5.41) is 9.60. The lowest BCUT2D eigenvalue weighted by Gasteiger charge is -2.27. The molecule has 1 aliphatic rings. The summed E-state index contributed by atoms with van der Waals surface area (Å²) < 4.78 is 7.92. The standard InChI is InChI=1S/C11H12BrIO2/c12-10-2-1-7(13)5-9(10)11-6-8(14)3-4-15-11/h1-2,5,8,11,14H,3-4,6H2. The van der Waals surface area contributed by atoms with Crippen LogP contribution in [-0.4, -0.2) is 17.8 Å². The van der Waals surface area contributed by atoms with E-state index in [9.17, 15) is 5.11 Å². The fourth-order valence-corrected chi connectivity index (χ4v) is 2.77. The number of rotatable bonds is 1. The Morgan fingerprint density at radius 3 is 3.00 bits per heavy atom. The molecule has 2 unspecified atom stereocenters. The van der Waals surface area contributed by atoms with E-state index in [1.54, 1.807) is 0 Å². The molecule has 2 atom stereocenters. The van der Waals surface area contributed by atoms with Gasteiger partial charge in [0.25, 0.3) is 0 Å². The van der Waals surface area contributed by atoms with Gasteiger partial charge >= 0.3 is 0 Å². The van der Waals surface area contributed by atoms with Crippen LogP contribution in [0.1, 0.15) is 24.5 Å². The summed E-state index contributed by atoms with van der Waals surface area (Å²) in [6.07, 6.45) is 1.24. The minimum atomic E-state index is -0.228. The molecule has 0 saturated carbocycles. The smallest absolute Gasteiger partial charge is 0.0860 e. The van der Waals surface area contributed by atoms with Crippen LogP contribution in [0.15, 0.2) is 22.7 Å². The molecule has 1 fully saturated rings. The molecule has 1 N–H and O–H groups in total. The largest absolute Gasteiger partial charge is 0.393 e. The summed E-state index contributed by atoms with van der Waals surface area (Å²) in [7, 11) is 0. The van der Waals surface area contributed by atoms with Gasteiger partial charge < -0.3 is 9.84 Å². The average Bonchev–Trinajstić information content (AvgIpc) is 2.22. The number of hydrogen-bond donors (Lipinski definition) is 1. The molecule has 1 aromatic carbocycles. The number of aliphatic hydroxyl groups is 1. The lowest BCUT2D eigenvalue weighted by atomic mass is 9.99. The van der Waals surface area contributed by atoms with Gasteiger partial charge in [-0.1, -0.05) is 15.9 Å². The summed E-state index contributed by atoms with van der Waals surface area (Å²) in [5.41, 5.74) is 1.14. The molecule has 1 aromatic rings. The highest BCUT2D eigenvalue weighted by Gasteiger charge is 2.23. The van der Waals surface area contributed by atoms with Crippen LogP contribution in [0, 0.1) is 3.57 Å². The third kappa shape index (κ3) is 2.93. The second-order valence-electron chi connectivity index (χ2n) is 3.70. The van der Waals surface area contributed by atoms with Crippen molar-refractivity contribution >= 4 is 38.5 Å². The molecule has 1 saturated heterocycles. The molecule has 82 valence electrons. The Morgan fingerprint density at radius 2 is 2.27 bits per heavy atom. The lowest BCUT2D eigenvalue weighted by Crippen LogP contribution is -2.23. The lowest BCUT2D eigenvalue weighted by molar-refractivity contribution is -0.0451. The van der Waals surface area contributed by atoms with Crippen molar-refractivity contribution in [2.24, 2.45) is 0 Å². The highest BCUT2D eigenvalue weighted by Crippen LogP contribution is 2.33. The van der Waals surface area contributed by atoms with Gasteiger partial charge in [-0.05, 0) is 52.8 Å². The van der Waals surface area contributed by atoms with E-state index >= 15 is 0 Å². The van der Waals surface area contributed by atoms with Crippen LogP contribution >= 0.6 is 38.5 Å². The third-order valence-corrected chi connectivity index (χ3v) is 3.95. The number of halogens is 2. The SMILES string of the molecule is OC1CCOC(c2cc(I)ccc2Br)C1. The number of benzene rings is 1. The van der Waals surface area contributed by atoms with Crippen molar-refractivity contribution in [1.29, 1.82) is 0 Å². The van der Waals surface area contributed by atoms with E-state index in [1.807, 2.05) is 12.1 Å². The van der Waals surface area contributed by atoms with Crippen molar-refractivity contribution in [3.05, 3.63) is 31.8 Å². The van der Waals surface area contributed by atoms with Crippen molar-refractivity contribution in [1.82, 2.24) is 0 Å². The van der Waals surface area contributed by atoms with Gasteiger partial charge in [-0.2, -0.15) is 0 Å². The molecule has 0 radical (unpaired) electrons. The van der Waals surface area contributed by atoms with Crippen LogP contribution in [0.2, 0.25) is 0 Å². The zero-order valence-corrected chi connectivity index (χ0v) is 11.9. The molecule has 1 aliphatic heterocycles. The molecule has 15 heavy (non-hydrogen) atoms. The summed E-state index contributed by atoms with van der Waals surface area (Å²) in [4.78, 5) is 0. The highest BCUT2D eigenvalue weighted by atomic mass is 127. The van der Waals surface area contributed by atoms with Gasteiger partial charge in [0, 0.05) is 21.1 Å². The van der Waals surface area contributed by atoms with Crippen LogP contribution in [0.3, 0.4) is 0 Å². The second kappa shape index (κ2) is 5.12. The van der Waals surface area contributed by atoms with Gasteiger partial charge in [0.15, 0.2) is 0 Å². The Morgan fingerprint density at radius 1 is 1.47 bits per heavy atom. The monoisotopic (exact) mass is 382 g/mol. The van der Waals surface area contributed by atoms with Crippen molar-refractivity contribution in [3.8, 4) is 0 Å². The topological polar surface area (TPSA) is 29.5 Å². The van der Waals surface area contributed by atoms with Crippen LogP contribution in [0.5, 0.6) is 0 Å². The zero-order valence-electron chi connectivity index (χ0n) is 8.12. The maximum Gasteiger partial charge on any atom is 0.0860 e. The molecule has 4 heteroatoms. The molecule has 1 heterocycles. The quantitative estimate of drug-likeness (QED) is 0.755. The minimum absolute atomic E-state index is 0.0258. The predicted octanol–water partition coefficient (Wildman–Crippen LogP) is 3.27. The normalized spacial score (nSPS) is 26.6. The first-order valence-corrected chi connectivity index (χ1v) is 6.78. The molecular formula is C11H12BrIO2. The number of hydrogen-bond acceptors (Lipinski definition) is 2. The minimum Gasteiger partial charge on any atom is -0.393 e. The van der Waals surface area contributed by atoms with Gasteiger partial charge in [0.2, 0.25) is 0 Å². The van der Waals surface area contributed by atoms with E-state index in [0.29, 0.717) is 13.0 Å². The van der Waals surface area contributed by atoms with Gasteiger partial charge in [0.1, 0.15) is 0 Å². The maximum absolute atomic E-state index is 9.60. The van der Waals surface area contributed by atoms with Gasteiger partial charge in [-0.15, -0.1) is 0 Å². The Kier molecular flexibility index (Phi) is 4.04. The molecule has 0 spiro atoms. The molecule has 0 amide bonds. The summed E-state index contributed by atoms with van der Waals surface area (Å²) >= 11 is 5.81. The highest BCUT2D eigenvalue weighted by molar-refractivity contribution is 14.1. The Bertz CT molecular complexity index is 356. The fraction of sp³-hybridized carbons (Fsp3) is 0.455.